The fourth-order valence-electron chi connectivity index (χ4n) is 10.8. The third-order valence-corrected chi connectivity index (χ3v) is 17.2. The molecule has 0 saturated heterocycles. The lowest BCUT2D eigenvalue weighted by Crippen LogP contribution is -2.85. The van der Waals surface area contributed by atoms with Gasteiger partial charge in [-0.25, -0.2) is 4.57 Å². The van der Waals surface area contributed by atoms with E-state index in [1.54, 1.807) is 0 Å². The number of pyridine rings is 2. The van der Waals surface area contributed by atoms with Crippen LogP contribution >= 0.6 is 0 Å². The molecule has 1 atom stereocenters. The number of fused-ring (bicyclic) bond motifs is 12. The second-order valence-electron chi connectivity index (χ2n) is 14.2. The van der Waals surface area contributed by atoms with Crippen molar-refractivity contribution >= 4 is 73.3 Å². The molecule has 9 heterocycles. The Morgan fingerprint density at radius 2 is 1.44 bits per heavy atom. The molecule has 0 amide bonds. The molecular formula is C42H25N6OSi+3. The van der Waals surface area contributed by atoms with Crippen LogP contribution in [0.5, 0.6) is 11.5 Å². The Bertz CT molecular complexity index is 3130. The summed E-state index contributed by atoms with van der Waals surface area (Å²) in [5, 5.41) is 6.86. The molecule has 0 fully saturated rings. The average molecular weight is 658 g/mol. The Labute approximate surface area is 285 Å². The van der Waals surface area contributed by atoms with Crippen LogP contribution in [0.4, 0.5) is 11.4 Å². The highest BCUT2D eigenvalue weighted by Gasteiger charge is 2.71. The standard InChI is InChI=1S/C42H25N6OSi/c1-44-28-14-4-5-15-29(28)47-41(44)27-12-8-16-30-39(27)48(47)40-31(49-30)19-20-34-38(40)46-37-35(21-22-43-36(37)26-13-9-23-45(48)42(26)46)50(34)32-17-6-2-10-24(32)25-11-3-7-18-33(25)50/h2-23H,1H3/q+3. The molecule has 5 aliphatic heterocycles. The molecule has 5 aromatic carbocycles. The summed E-state index contributed by atoms with van der Waals surface area (Å²) in [7, 11) is -0.651. The van der Waals surface area contributed by atoms with Crippen molar-refractivity contribution in [2.24, 2.45) is 7.05 Å². The van der Waals surface area contributed by atoms with Crippen LogP contribution in [0.3, 0.4) is 0 Å². The van der Waals surface area contributed by atoms with E-state index in [1.807, 2.05) is 0 Å². The second kappa shape index (κ2) is 7.60. The number of hydrogen-bond acceptors (Lipinski definition) is 2. The van der Waals surface area contributed by atoms with Gasteiger partial charge in [-0.2, -0.15) is 4.57 Å². The van der Waals surface area contributed by atoms with E-state index in [1.165, 1.54) is 59.7 Å². The monoisotopic (exact) mass is 657 g/mol. The zero-order valence-electron chi connectivity index (χ0n) is 26.8. The first kappa shape index (κ1) is 24.7. The molecule has 0 saturated carbocycles. The van der Waals surface area contributed by atoms with Crippen LogP contribution in [-0.2, 0) is 7.05 Å². The normalized spacial score (nSPS) is 18.1. The number of rotatable bonds is 0. The highest BCUT2D eigenvalue weighted by molar-refractivity contribution is 7.23. The average Bonchev–Trinajstić information content (AvgIpc) is 3.86. The van der Waals surface area contributed by atoms with Gasteiger partial charge in [0, 0.05) is 21.2 Å². The maximum atomic E-state index is 7.06. The highest BCUT2D eigenvalue weighted by atomic mass is 28.3. The molecule has 230 valence electrons. The van der Waals surface area contributed by atoms with Crippen molar-refractivity contribution in [3.63, 3.8) is 0 Å². The molecule has 8 heteroatoms. The lowest BCUT2D eigenvalue weighted by Gasteiger charge is -2.39. The van der Waals surface area contributed by atoms with E-state index in [9.17, 15) is 0 Å². The number of nitrogens with zero attached hydrogens (tertiary/aromatic N) is 6. The van der Waals surface area contributed by atoms with Crippen molar-refractivity contribution in [2.45, 2.75) is 0 Å². The Morgan fingerprint density at radius 3 is 2.30 bits per heavy atom. The second-order valence-corrected chi connectivity index (χ2v) is 17.8. The summed E-state index contributed by atoms with van der Waals surface area (Å²) in [5.41, 5.74) is 13.2. The van der Waals surface area contributed by atoms with E-state index in [0.717, 1.165) is 45.2 Å². The van der Waals surface area contributed by atoms with Crippen molar-refractivity contribution in [3.05, 3.63) is 134 Å². The molecule has 0 aliphatic carbocycles. The number of ether oxygens (including phenoxy) is 1. The summed E-state index contributed by atoms with van der Waals surface area (Å²) in [4.78, 5) is 5.21. The Balaban J connectivity index is 1.32. The van der Waals surface area contributed by atoms with Gasteiger partial charge in [0.05, 0.1) is 11.7 Å². The van der Waals surface area contributed by atoms with E-state index in [0.29, 0.717) is 4.70 Å². The Hall–Kier alpha value is -6.35. The Kier molecular flexibility index (Phi) is 3.76. The molecule has 9 aromatic rings. The minimum absolute atomic E-state index is 0.345. The Morgan fingerprint density at radius 1 is 0.680 bits per heavy atom. The largest absolute Gasteiger partial charge is 0.444 e. The van der Waals surface area contributed by atoms with Crippen molar-refractivity contribution in [2.75, 3.05) is 0 Å². The van der Waals surface area contributed by atoms with E-state index < -0.39 is 8.07 Å². The number of hydrogen-bond donors (Lipinski definition) is 0. The summed E-state index contributed by atoms with van der Waals surface area (Å²) < 4.78 is 17.4. The number of aryl methyl sites for hydroxylation is 1. The summed E-state index contributed by atoms with van der Waals surface area (Å²) in [5.74, 6) is 2.92. The molecule has 0 N–H and O–H groups in total. The van der Waals surface area contributed by atoms with Gasteiger partial charge in [0.15, 0.2) is 31.1 Å². The van der Waals surface area contributed by atoms with Crippen LogP contribution < -0.4 is 39.5 Å². The highest BCUT2D eigenvalue weighted by Crippen LogP contribution is 2.60. The predicted octanol–water partition coefficient (Wildman–Crippen LogP) is 4.88. The van der Waals surface area contributed by atoms with Crippen LogP contribution in [0.15, 0.2) is 134 Å². The summed E-state index contributed by atoms with van der Waals surface area (Å²) in [6, 6.07) is 45.2. The first-order valence-corrected chi connectivity index (χ1v) is 19.2. The lowest BCUT2D eigenvalue weighted by molar-refractivity contribution is -1.01. The summed E-state index contributed by atoms with van der Waals surface area (Å²) in [6.07, 6.45) is 4.32. The third-order valence-electron chi connectivity index (χ3n) is 12.3. The van der Waals surface area contributed by atoms with Crippen molar-refractivity contribution in [1.29, 1.82) is 0 Å². The molecule has 5 aliphatic rings. The summed E-state index contributed by atoms with van der Waals surface area (Å²) >= 11 is 0. The number of aromatic nitrogens is 5. The van der Waals surface area contributed by atoms with Gasteiger partial charge in [-0.1, -0.05) is 72.8 Å². The van der Waals surface area contributed by atoms with Gasteiger partial charge in [0.1, 0.15) is 16.5 Å². The van der Waals surface area contributed by atoms with Gasteiger partial charge in [-0.3, -0.25) is 4.98 Å². The topological polar surface area (TPSA) is 39.7 Å². The smallest absolute Gasteiger partial charge is 0.352 e. The summed E-state index contributed by atoms with van der Waals surface area (Å²) in [6.45, 7) is 0. The van der Waals surface area contributed by atoms with Crippen LogP contribution in [0.25, 0.3) is 61.3 Å². The molecule has 7 nitrogen and oxygen atoms in total. The fourth-order valence-corrected chi connectivity index (χ4v) is 16.3. The number of para-hydroxylation sites is 3. The number of quaternary nitrogens is 1. The van der Waals surface area contributed by atoms with E-state index in [-0.39, 0.29) is 0 Å². The van der Waals surface area contributed by atoms with Gasteiger partial charge in [0.2, 0.25) is 17.0 Å². The van der Waals surface area contributed by atoms with Gasteiger partial charge < -0.3 is 4.74 Å². The maximum Gasteiger partial charge on any atom is 0.352 e. The lowest BCUT2D eigenvalue weighted by atomic mass is 10.1. The van der Waals surface area contributed by atoms with Gasteiger partial charge in [0.25, 0.3) is 5.69 Å². The van der Waals surface area contributed by atoms with E-state index in [2.05, 4.69) is 159 Å². The van der Waals surface area contributed by atoms with Crippen molar-refractivity contribution < 1.29 is 14.1 Å². The minimum Gasteiger partial charge on any atom is -0.444 e. The van der Waals surface area contributed by atoms with E-state index >= 15 is 0 Å². The van der Waals surface area contributed by atoms with Crippen molar-refractivity contribution in [1.82, 2.24) is 18.8 Å². The fraction of sp³-hybridized carbons (Fsp3) is 0.0238. The SMILES string of the molecule is Cn1c2[n+](c3ccccc31)[N+]13c4c(cccc4-2)Oc2ccc4c(c21)-n1c2c(ccnc2c2ccc[n+]3c21)[Si]41c2ccccc2-c2ccccc21. The van der Waals surface area contributed by atoms with Gasteiger partial charge in [-0.05, 0) is 74.7 Å². The molecule has 1 unspecified atom stereocenters. The van der Waals surface area contributed by atoms with Gasteiger partial charge in [-0.15, -0.1) is 0 Å². The van der Waals surface area contributed by atoms with Crippen LogP contribution in [-0.4, -0.2) is 22.2 Å². The minimum atomic E-state index is -2.85. The first-order valence-electron chi connectivity index (χ1n) is 17.2. The van der Waals surface area contributed by atoms with E-state index in [4.69, 9.17) is 9.72 Å². The quantitative estimate of drug-likeness (QED) is 0.133. The van der Waals surface area contributed by atoms with Gasteiger partial charge >= 0.3 is 17.2 Å². The first-order chi connectivity index (χ1) is 24.8. The molecule has 14 rings (SSSR count). The zero-order chi connectivity index (χ0) is 32.2. The zero-order valence-corrected chi connectivity index (χ0v) is 27.8. The van der Waals surface area contributed by atoms with Crippen molar-refractivity contribution in [3.8, 4) is 39.7 Å². The number of benzene rings is 5. The molecule has 2 spiro atoms. The predicted molar refractivity (Wildman–Crippen MR) is 196 cm³/mol. The van der Waals surface area contributed by atoms with Crippen LogP contribution in [0, 0.1) is 0 Å². The molecular weight excluding hydrogens is 633 g/mol. The molecule has 0 bridgehead atoms. The molecule has 50 heavy (non-hydrogen) atoms. The van der Waals surface area contributed by atoms with Crippen LogP contribution in [0.2, 0.25) is 0 Å². The van der Waals surface area contributed by atoms with Crippen LogP contribution in [0.1, 0.15) is 0 Å². The maximum absolute atomic E-state index is 7.06. The third kappa shape index (κ3) is 2.18. The number of imidazole rings is 1. The molecule has 0 radical (unpaired) electrons. The molecule has 4 aromatic heterocycles.